The standard InChI is InChI=1S/C24H22F3N7O2/c1-32-13-14(2-3-21(32)35)22-18(27)12-28-24(29-22)34-6-4-33(5-7-34)23(36)20-11-19(30-31-20)15-8-16(25)10-17(26)9-15/h2-3,8-10,12-13,19,30H,4-7,11H2,1H3/t19-/m0/s1. The Balaban J connectivity index is 1.23. The molecule has 36 heavy (non-hydrogen) atoms. The number of halogens is 3. The maximum absolute atomic E-state index is 14.4. The van der Waals surface area contributed by atoms with Crippen molar-refractivity contribution in [1.82, 2.24) is 24.9 Å². The molecule has 0 unspecified atom stereocenters. The zero-order valence-electron chi connectivity index (χ0n) is 19.3. The minimum Gasteiger partial charge on any atom is -0.337 e. The molecular weight excluding hydrogens is 475 g/mol. The van der Waals surface area contributed by atoms with Gasteiger partial charge in [-0.15, -0.1) is 0 Å². The van der Waals surface area contributed by atoms with Crippen LogP contribution in [0.2, 0.25) is 0 Å². The lowest BCUT2D eigenvalue weighted by molar-refractivity contribution is -0.124. The fourth-order valence-electron chi connectivity index (χ4n) is 4.28. The van der Waals surface area contributed by atoms with Crippen molar-refractivity contribution in [3.63, 3.8) is 0 Å². The highest BCUT2D eigenvalue weighted by Crippen LogP contribution is 2.25. The van der Waals surface area contributed by atoms with Crippen LogP contribution in [0, 0.1) is 17.5 Å². The van der Waals surface area contributed by atoms with Crippen molar-refractivity contribution in [1.29, 1.82) is 0 Å². The average molecular weight is 497 g/mol. The SMILES string of the molecule is Cn1cc(-c2nc(N3CCN(C(=O)C4=NN[C@H](c5cc(F)cc(F)c5)C4)CC3)ncc2F)ccc1=O. The summed E-state index contributed by atoms with van der Waals surface area (Å²) in [5, 5.41) is 4.10. The fraction of sp³-hybridized carbons (Fsp3) is 0.292. The van der Waals surface area contributed by atoms with E-state index in [1.54, 1.807) is 11.9 Å². The van der Waals surface area contributed by atoms with E-state index >= 15 is 0 Å². The van der Waals surface area contributed by atoms with Gasteiger partial charge in [0.1, 0.15) is 23.0 Å². The molecule has 0 radical (unpaired) electrons. The molecule has 1 fully saturated rings. The summed E-state index contributed by atoms with van der Waals surface area (Å²) in [6.07, 6.45) is 2.82. The lowest BCUT2D eigenvalue weighted by atomic mass is 10.0. The van der Waals surface area contributed by atoms with E-state index in [0.29, 0.717) is 43.3 Å². The van der Waals surface area contributed by atoms with E-state index in [1.165, 1.54) is 35.0 Å². The zero-order valence-corrected chi connectivity index (χ0v) is 19.3. The largest absolute Gasteiger partial charge is 0.337 e. The number of pyridine rings is 1. The maximum Gasteiger partial charge on any atom is 0.270 e. The molecule has 0 saturated carbocycles. The lowest BCUT2D eigenvalue weighted by Gasteiger charge is -2.34. The Morgan fingerprint density at radius 1 is 1.06 bits per heavy atom. The summed E-state index contributed by atoms with van der Waals surface area (Å²) in [6.45, 7) is 1.58. The number of nitrogens with zero attached hydrogens (tertiary/aromatic N) is 6. The molecule has 2 aliphatic rings. The Bertz CT molecular complexity index is 1400. The summed E-state index contributed by atoms with van der Waals surface area (Å²) in [7, 11) is 1.57. The van der Waals surface area contributed by atoms with Crippen LogP contribution < -0.4 is 15.9 Å². The van der Waals surface area contributed by atoms with Crippen LogP contribution in [0.15, 0.2) is 52.6 Å². The van der Waals surface area contributed by atoms with Crippen LogP contribution in [0.4, 0.5) is 19.1 Å². The summed E-state index contributed by atoms with van der Waals surface area (Å²) < 4.78 is 42.9. The van der Waals surface area contributed by atoms with Crippen molar-refractivity contribution >= 4 is 17.6 Å². The smallest absolute Gasteiger partial charge is 0.270 e. The third-order valence-electron chi connectivity index (χ3n) is 6.23. The topological polar surface area (TPSA) is 95.7 Å². The van der Waals surface area contributed by atoms with Crippen LogP contribution in [0.25, 0.3) is 11.3 Å². The van der Waals surface area contributed by atoms with E-state index < -0.39 is 23.5 Å². The van der Waals surface area contributed by atoms with Crippen LogP contribution in [-0.2, 0) is 11.8 Å². The van der Waals surface area contributed by atoms with Gasteiger partial charge in [0.2, 0.25) is 11.5 Å². The second-order valence-electron chi connectivity index (χ2n) is 8.66. The van der Waals surface area contributed by atoms with Crippen molar-refractivity contribution in [3.05, 3.63) is 76.1 Å². The Hall–Kier alpha value is -4.22. The first-order valence-electron chi connectivity index (χ1n) is 11.3. The van der Waals surface area contributed by atoms with E-state index in [9.17, 15) is 22.8 Å². The molecule has 1 saturated heterocycles. The van der Waals surface area contributed by atoms with Crippen molar-refractivity contribution < 1.29 is 18.0 Å². The van der Waals surface area contributed by atoms with Crippen LogP contribution in [0.3, 0.4) is 0 Å². The number of carbonyl (C=O) groups excluding carboxylic acids is 1. The van der Waals surface area contributed by atoms with E-state index in [1.807, 2.05) is 4.90 Å². The highest BCUT2D eigenvalue weighted by atomic mass is 19.1. The Kier molecular flexibility index (Phi) is 6.17. The van der Waals surface area contributed by atoms with Gasteiger partial charge >= 0.3 is 0 Å². The van der Waals surface area contributed by atoms with Crippen LogP contribution in [0.5, 0.6) is 0 Å². The van der Waals surface area contributed by atoms with E-state index in [4.69, 9.17) is 0 Å². The number of amides is 1. The molecule has 1 N–H and O–H groups in total. The predicted octanol–water partition coefficient (Wildman–Crippen LogP) is 2.00. The lowest BCUT2D eigenvalue weighted by Crippen LogP contribution is -2.51. The molecule has 2 aromatic heterocycles. The number of hydrogen-bond acceptors (Lipinski definition) is 7. The average Bonchev–Trinajstić information content (AvgIpc) is 3.36. The summed E-state index contributed by atoms with van der Waals surface area (Å²) in [6, 6.07) is 5.59. The number of hydrazone groups is 1. The van der Waals surface area contributed by atoms with E-state index in [2.05, 4.69) is 20.5 Å². The molecular formula is C24H22F3N7O2. The molecule has 1 aromatic carbocycles. The Morgan fingerprint density at radius 2 is 1.78 bits per heavy atom. The predicted molar refractivity (Wildman–Crippen MR) is 126 cm³/mol. The van der Waals surface area contributed by atoms with Crippen LogP contribution >= 0.6 is 0 Å². The third kappa shape index (κ3) is 4.66. The molecule has 2 aliphatic heterocycles. The van der Waals surface area contributed by atoms with Gasteiger partial charge in [0.05, 0.1) is 12.2 Å². The molecule has 0 spiro atoms. The number of nitrogens with one attached hydrogen (secondary N) is 1. The first-order chi connectivity index (χ1) is 17.3. The molecule has 9 nitrogen and oxygen atoms in total. The Labute approximate surface area is 203 Å². The van der Waals surface area contributed by atoms with Crippen LogP contribution in [-0.4, -0.2) is 57.2 Å². The quantitative estimate of drug-likeness (QED) is 0.593. The summed E-state index contributed by atoms with van der Waals surface area (Å²) in [5.74, 6) is -1.92. The van der Waals surface area contributed by atoms with Gasteiger partial charge in [0, 0.05) is 63.5 Å². The van der Waals surface area contributed by atoms with E-state index in [-0.39, 0.29) is 29.3 Å². The number of benzene rings is 1. The van der Waals surface area contributed by atoms with Gasteiger partial charge in [-0.2, -0.15) is 5.10 Å². The molecule has 12 heteroatoms. The molecule has 3 aromatic rings. The monoisotopic (exact) mass is 497 g/mol. The van der Waals surface area contributed by atoms with Gasteiger partial charge in [-0.1, -0.05) is 0 Å². The van der Waals surface area contributed by atoms with Crippen molar-refractivity contribution in [2.24, 2.45) is 12.1 Å². The number of carbonyl (C=O) groups is 1. The molecule has 1 amide bonds. The molecule has 186 valence electrons. The highest BCUT2D eigenvalue weighted by Gasteiger charge is 2.31. The fourth-order valence-corrected chi connectivity index (χ4v) is 4.28. The second kappa shape index (κ2) is 9.44. The number of piperazine rings is 1. The van der Waals surface area contributed by atoms with Gasteiger partial charge in [0.15, 0.2) is 5.82 Å². The Morgan fingerprint density at radius 3 is 2.47 bits per heavy atom. The molecule has 4 heterocycles. The number of aromatic nitrogens is 3. The summed E-state index contributed by atoms with van der Waals surface area (Å²) >= 11 is 0. The summed E-state index contributed by atoms with van der Waals surface area (Å²) in [5.41, 5.74) is 3.77. The zero-order chi connectivity index (χ0) is 25.4. The van der Waals surface area contributed by atoms with Gasteiger partial charge in [-0.05, 0) is 23.8 Å². The minimum atomic E-state index is -0.690. The van der Waals surface area contributed by atoms with Crippen molar-refractivity contribution in [2.75, 3.05) is 31.1 Å². The third-order valence-corrected chi connectivity index (χ3v) is 6.23. The number of aryl methyl sites for hydroxylation is 1. The van der Waals surface area contributed by atoms with Gasteiger partial charge in [0.25, 0.3) is 5.91 Å². The van der Waals surface area contributed by atoms with Crippen LogP contribution in [0.1, 0.15) is 18.0 Å². The van der Waals surface area contributed by atoms with Gasteiger partial charge < -0.3 is 19.8 Å². The van der Waals surface area contributed by atoms with Gasteiger partial charge in [-0.3, -0.25) is 9.59 Å². The summed E-state index contributed by atoms with van der Waals surface area (Å²) in [4.78, 5) is 36.6. The molecule has 1 atom stereocenters. The second-order valence-corrected chi connectivity index (χ2v) is 8.66. The van der Waals surface area contributed by atoms with Crippen molar-refractivity contribution in [3.8, 4) is 11.3 Å². The molecule has 0 aliphatic carbocycles. The first-order valence-corrected chi connectivity index (χ1v) is 11.3. The molecule has 0 bridgehead atoms. The minimum absolute atomic E-state index is 0.0836. The number of anilines is 1. The van der Waals surface area contributed by atoms with E-state index in [0.717, 1.165) is 12.3 Å². The first kappa shape index (κ1) is 23.5. The van der Waals surface area contributed by atoms with Gasteiger partial charge in [-0.25, -0.2) is 23.1 Å². The number of hydrogen-bond donors (Lipinski definition) is 1. The highest BCUT2D eigenvalue weighted by molar-refractivity contribution is 6.39. The maximum atomic E-state index is 14.4. The molecule has 5 rings (SSSR count). The normalized spacial score (nSPS) is 17.7. The van der Waals surface area contributed by atoms with Crippen molar-refractivity contribution in [2.45, 2.75) is 12.5 Å². The number of rotatable bonds is 4.